The molecule has 2 aromatic carbocycles. The molecule has 0 atom stereocenters. The molecule has 1 amide bonds. The SMILES string of the molecule is O=C(Nc1ccc2c(c1)OCCO2)C1(c2ccccc2)CCOCC1. The molecule has 0 saturated carbocycles. The number of carbonyl (C=O) groups excluding carboxylic acids is 1. The summed E-state index contributed by atoms with van der Waals surface area (Å²) in [6.45, 7) is 2.25. The molecule has 0 aliphatic carbocycles. The highest BCUT2D eigenvalue weighted by atomic mass is 16.6. The molecule has 0 unspecified atom stereocenters. The third-order valence-corrected chi connectivity index (χ3v) is 4.91. The Hall–Kier alpha value is -2.53. The standard InChI is InChI=1S/C20H21NO4/c22-19(21-16-6-7-17-18(14-16)25-13-12-24-17)20(8-10-23-11-9-20)15-4-2-1-3-5-15/h1-7,14H,8-13H2,(H,21,22). The molecule has 4 rings (SSSR count). The Labute approximate surface area is 146 Å². The number of fused-ring (bicyclic) bond motifs is 1. The number of anilines is 1. The molecule has 2 aliphatic heterocycles. The van der Waals surface area contributed by atoms with Crippen molar-refractivity contribution in [1.29, 1.82) is 0 Å². The summed E-state index contributed by atoms with van der Waals surface area (Å²) in [4.78, 5) is 13.2. The molecule has 0 radical (unpaired) electrons. The minimum atomic E-state index is -0.563. The Morgan fingerprint density at radius 2 is 1.60 bits per heavy atom. The Balaban J connectivity index is 1.61. The molecule has 1 saturated heterocycles. The zero-order chi connectivity index (χ0) is 17.1. The molecule has 130 valence electrons. The van der Waals surface area contributed by atoms with Crippen LogP contribution in [-0.4, -0.2) is 32.3 Å². The van der Waals surface area contributed by atoms with Gasteiger partial charge in [0.1, 0.15) is 13.2 Å². The van der Waals surface area contributed by atoms with Crippen molar-refractivity contribution in [3.63, 3.8) is 0 Å². The van der Waals surface area contributed by atoms with Gasteiger partial charge in [-0.2, -0.15) is 0 Å². The summed E-state index contributed by atoms with van der Waals surface area (Å²) in [5.74, 6) is 1.39. The van der Waals surface area contributed by atoms with Crippen molar-refractivity contribution in [2.75, 3.05) is 31.7 Å². The summed E-state index contributed by atoms with van der Waals surface area (Å²) in [6.07, 6.45) is 1.35. The lowest BCUT2D eigenvalue weighted by Gasteiger charge is -2.36. The number of nitrogens with one attached hydrogen (secondary N) is 1. The highest BCUT2D eigenvalue weighted by Crippen LogP contribution is 2.37. The lowest BCUT2D eigenvalue weighted by atomic mass is 9.73. The van der Waals surface area contributed by atoms with E-state index in [1.165, 1.54) is 0 Å². The largest absolute Gasteiger partial charge is 0.486 e. The van der Waals surface area contributed by atoms with Gasteiger partial charge in [0.2, 0.25) is 5.91 Å². The predicted octanol–water partition coefficient (Wildman–Crippen LogP) is 3.14. The molecular formula is C20H21NO4. The Bertz CT molecular complexity index is 754. The summed E-state index contributed by atoms with van der Waals surface area (Å²) < 4.78 is 16.6. The number of hydrogen-bond donors (Lipinski definition) is 1. The molecule has 2 aromatic rings. The maximum absolute atomic E-state index is 13.2. The average molecular weight is 339 g/mol. The van der Waals surface area contributed by atoms with Gasteiger partial charge in [0.05, 0.1) is 5.41 Å². The van der Waals surface area contributed by atoms with Crippen molar-refractivity contribution in [3.05, 3.63) is 54.1 Å². The van der Waals surface area contributed by atoms with E-state index in [2.05, 4.69) is 5.32 Å². The second kappa shape index (κ2) is 6.76. The summed E-state index contributed by atoms with van der Waals surface area (Å²) in [5, 5.41) is 3.07. The van der Waals surface area contributed by atoms with Gasteiger partial charge >= 0.3 is 0 Å². The zero-order valence-electron chi connectivity index (χ0n) is 14.0. The van der Waals surface area contributed by atoms with Gasteiger partial charge in [0.25, 0.3) is 0 Å². The van der Waals surface area contributed by atoms with Crippen LogP contribution in [0.1, 0.15) is 18.4 Å². The first-order valence-corrected chi connectivity index (χ1v) is 8.62. The predicted molar refractivity (Wildman–Crippen MR) is 94.2 cm³/mol. The van der Waals surface area contributed by atoms with Crippen molar-refractivity contribution >= 4 is 11.6 Å². The number of carbonyl (C=O) groups is 1. The molecule has 2 aliphatic rings. The fourth-order valence-corrected chi connectivity index (χ4v) is 3.50. The van der Waals surface area contributed by atoms with E-state index < -0.39 is 5.41 Å². The first-order chi connectivity index (χ1) is 12.3. The lowest BCUT2D eigenvalue weighted by molar-refractivity contribution is -0.125. The minimum Gasteiger partial charge on any atom is -0.486 e. The highest BCUT2D eigenvalue weighted by Gasteiger charge is 2.41. The van der Waals surface area contributed by atoms with Crippen LogP contribution in [0.25, 0.3) is 0 Å². The topological polar surface area (TPSA) is 56.8 Å². The number of amides is 1. The molecule has 2 heterocycles. The van der Waals surface area contributed by atoms with Crippen molar-refractivity contribution < 1.29 is 19.0 Å². The molecule has 0 spiro atoms. The molecule has 5 nitrogen and oxygen atoms in total. The average Bonchev–Trinajstić information content (AvgIpc) is 2.69. The van der Waals surface area contributed by atoms with Gasteiger partial charge in [-0.1, -0.05) is 30.3 Å². The summed E-state index contributed by atoms with van der Waals surface area (Å²) >= 11 is 0. The van der Waals surface area contributed by atoms with Crippen LogP contribution in [0.5, 0.6) is 11.5 Å². The van der Waals surface area contributed by atoms with Gasteiger partial charge in [-0.3, -0.25) is 4.79 Å². The third kappa shape index (κ3) is 3.07. The maximum Gasteiger partial charge on any atom is 0.235 e. The van der Waals surface area contributed by atoms with E-state index >= 15 is 0 Å². The maximum atomic E-state index is 13.2. The van der Waals surface area contributed by atoms with Crippen molar-refractivity contribution in [1.82, 2.24) is 0 Å². The van der Waals surface area contributed by atoms with Crippen molar-refractivity contribution in [2.45, 2.75) is 18.3 Å². The van der Waals surface area contributed by atoms with Gasteiger partial charge in [-0.15, -0.1) is 0 Å². The number of hydrogen-bond acceptors (Lipinski definition) is 4. The van der Waals surface area contributed by atoms with Crippen LogP contribution >= 0.6 is 0 Å². The van der Waals surface area contributed by atoms with Crippen LogP contribution in [0.4, 0.5) is 5.69 Å². The smallest absolute Gasteiger partial charge is 0.235 e. The molecular weight excluding hydrogens is 318 g/mol. The second-order valence-electron chi connectivity index (χ2n) is 6.37. The van der Waals surface area contributed by atoms with E-state index in [4.69, 9.17) is 14.2 Å². The monoisotopic (exact) mass is 339 g/mol. The van der Waals surface area contributed by atoms with Crippen molar-refractivity contribution in [3.8, 4) is 11.5 Å². The number of rotatable bonds is 3. The van der Waals surface area contributed by atoms with E-state index in [-0.39, 0.29) is 5.91 Å². The lowest BCUT2D eigenvalue weighted by Crippen LogP contribution is -2.44. The van der Waals surface area contributed by atoms with E-state index in [1.54, 1.807) is 0 Å². The summed E-state index contributed by atoms with van der Waals surface area (Å²) in [7, 11) is 0. The van der Waals surface area contributed by atoms with Crippen LogP contribution in [0, 0.1) is 0 Å². The molecule has 1 N–H and O–H groups in total. The van der Waals surface area contributed by atoms with E-state index in [9.17, 15) is 4.79 Å². The minimum absolute atomic E-state index is 0.00122. The third-order valence-electron chi connectivity index (χ3n) is 4.91. The Kier molecular flexibility index (Phi) is 4.32. The number of benzene rings is 2. The molecule has 0 bridgehead atoms. The van der Waals surface area contributed by atoms with Crippen LogP contribution in [0.2, 0.25) is 0 Å². The second-order valence-corrected chi connectivity index (χ2v) is 6.37. The van der Waals surface area contributed by atoms with E-state index in [1.807, 2.05) is 48.5 Å². The first kappa shape index (κ1) is 16.0. The first-order valence-electron chi connectivity index (χ1n) is 8.62. The fraction of sp³-hybridized carbons (Fsp3) is 0.350. The van der Waals surface area contributed by atoms with E-state index in [0.29, 0.717) is 50.8 Å². The molecule has 5 heteroatoms. The molecule has 25 heavy (non-hydrogen) atoms. The quantitative estimate of drug-likeness (QED) is 0.933. The van der Waals surface area contributed by atoms with Gasteiger partial charge < -0.3 is 19.5 Å². The van der Waals surface area contributed by atoms with Crippen LogP contribution in [-0.2, 0) is 14.9 Å². The molecule has 1 fully saturated rings. The summed E-state index contributed by atoms with van der Waals surface area (Å²) in [6, 6.07) is 15.5. The van der Waals surface area contributed by atoms with Crippen LogP contribution < -0.4 is 14.8 Å². The van der Waals surface area contributed by atoms with Crippen LogP contribution in [0.15, 0.2) is 48.5 Å². The van der Waals surface area contributed by atoms with Crippen molar-refractivity contribution in [2.24, 2.45) is 0 Å². The Morgan fingerprint density at radius 3 is 2.36 bits per heavy atom. The normalized spacial score (nSPS) is 18.4. The zero-order valence-corrected chi connectivity index (χ0v) is 14.0. The van der Waals surface area contributed by atoms with Crippen LogP contribution in [0.3, 0.4) is 0 Å². The van der Waals surface area contributed by atoms with Gasteiger partial charge in [-0.05, 0) is 30.5 Å². The van der Waals surface area contributed by atoms with Gasteiger partial charge in [0, 0.05) is 25.0 Å². The molecule has 0 aromatic heterocycles. The van der Waals surface area contributed by atoms with Gasteiger partial charge in [0.15, 0.2) is 11.5 Å². The highest BCUT2D eigenvalue weighted by molar-refractivity contribution is 5.99. The Morgan fingerprint density at radius 1 is 0.880 bits per heavy atom. The fourth-order valence-electron chi connectivity index (χ4n) is 3.50. The van der Waals surface area contributed by atoms with Gasteiger partial charge in [-0.25, -0.2) is 0 Å². The van der Waals surface area contributed by atoms with E-state index in [0.717, 1.165) is 11.3 Å². The number of ether oxygens (including phenoxy) is 3. The summed E-state index contributed by atoms with van der Waals surface area (Å²) in [5.41, 5.74) is 1.19.